The van der Waals surface area contributed by atoms with E-state index in [0.29, 0.717) is 0 Å². The fraction of sp³-hybridized carbons (Fsp3) is 0.250. The number of nitro groups is 1. The standard InChI is InChI=1S/C8H7F2NO3/c9-8(10)7(12)5-1-3-6(4-2-5)11(13)14/h1-4,7-8,12H/i7D. The number of nitrogens with zero attached hydrogens (tertiary/aromatic N) is 1. The zero-order valence-electron chi connectivity index (χ0n) is 7.85. The average Bonchev–Trinajstić information content (AvgIpc) is 2.17. The van der Waals surface area contributed by atoms with Crippen LogP contribution in [0.1, 0.15) is 13.0 Å². The second-order valence-electron chi connectivity index (χ2n) is 2.49. The van der Waals surface area contributed by atoms with Gasteiger partial charge in [0.1, 0.15) is 6.08 Å². The summed E-state index contributed by atoms with van der Waals surface area (Å²) in [5.41, 5.74) is -0.674. The zero-order chi connectivity index (χ0) is 11.6. The quantitative estimate of drug-likeness (QED) is 0.604. The molecule has 0 fully saturated rings. The molecule has 0 bridgehead atoms. The Balaban J connectivity index is 3.04. The first-order chi connectivity index (χ1) is 6.85. The Morgan fingerprint density at radius 1 is 1.43 bits per heavy atom. The molecule has 0 saturated heterocycles. The third kappa shape index (κ3) is 2.23. The first-order valence-corrected chi connectivity index (χ1v) is 3.61. The van der Waals surface area contributed by atoms with Crippen molar-refractivity contribution >= 4 is 5.69 Å². The van der Waals surface area contributed by atoms with Gasteiger partial charge in [-0.15, -0.1) is 0 Å². The number of halogens is 2. The van der Waals surface area contributed by atoms with Gasteiger partial charge in [0.05, 0.1) is 6.29 Å². The zero-order valence-corrected chi connectivity index (χ0v) is 6.85. The lowest BCUT2D eigenvalue weighted by atomic mass is 10.1. The summed E-state index contributed by atoms with van der Waals surface area (Å²) in [5.74, 6) is 0. The number of alkyl halides is 2. The van der Waals surface area contributed by atoms with Crippen LogP contribution >= 0.6 is 0 Å². The highest BCUT2D eigenvalue weighted by atomic mass is 19.3. The van der Waals surface area contributed by atoms with Crippen LogP contribution < -0.4 is 0 Å². The van der Waals surface area contributed by atoms with Gasteiger partial charge in [0.25, 0.3) is 12.1 Å². The van der Waals surface area contributed by atoms with Gasteiger partial charge in [0.15, 0.2) is 0 Å². The van der Waals surface area contributed by atoms with E-state index in [1.807, 2.05) is 0 Å². The summed E-state index contributed by atoms with van der Waals surface area (Å²) >= 11 is 0. The van der Waals surface area contributed by atoms with E-state index in [1.54, 1.807) is 0 Å². The maximum Gasteiger partial charge on any atom is 0.269 e. The largest absolute Gasteiger partial charge is 0.382 e. The minimum atomic E-state index is -3.28. The van der Waals surface area contributed by atoms with Crippen LogP contribution in [-0.2, 0) is 0 Å². The molecule has 4 nitrogen and oxygen atoms in total. The Labute approximate surface area is 79.3 Å². The van der Waals surface area contributed by atoms with Crippen molar-refractivity contribution in [1.82, 2.24) is 0 Å². The van der Waals surface area contributed by atoms with Crippen molar-refractivity contribution in [3.63, 3.8) is 0 Å². The third-order valence-corrected chi connectivity index (χ3v) is 1.58. The van der Waals surface area contributed by atoms with Crippen LogP contribution in [0.4, 0.5) is 14.5 Å². The lowest BCUT2D eigenvalue weighted by Crippen LogP contribution is -2.07. The molecule has 0 aliphatic heterocycles. The summed E-state index contributed by atoms with van der Waals surface area (Å²) < 4.78 is 31.3. The molecular weight excluding hydrogens is 196 g/mol. The molecule has 1 unspecified atom stereocenters. The van der Waals surface area contributed by atoms with Crippen LogP contribution in [0.15, 0.2) is 24.3 Å². The molecule has 0 saturated carbocycles. The summed E-state index contributed by atoms with van der Waals surface area (Å²) in [6.45, 7) is 0. The second-order valence-corrected chi connectivity index (χ2v) is 2.49. The van der Waals surface area contributed by atoms with E-state index in [9.17, 15) is 18.9 Å². The number of aliphatic hydroxyl groups is 1. The molecule has 0 aliphatic carbocycles. The molecule has 0 aliphatic rings. The van der Waals surface area contributed by atoms with E-state index in [2.05, 4.69) is 0 Å². The minimum absolute atomic E-state index is 0.288. The van der Waals surface area contributed by atoms with Gasteiger partial charge >= 0.3 is 0 Å². The molecule has 6 heteroatoms. The molecule has 0 radical (unpaired) electrons. The van der Waals surface area contributed by atoms with Crippen molar-refractivity contribution in [2.24, 2.45) is 0 Å². The van der Waals surface area contributed by atoms with Gasteiger partial charge in [-0.1, -0.05) is 0 Å². The van der Waals surface area contributed by atoms with Crippen LogP contribution in [0.25, 0.3) is 0 Å². The summed E-state index contributed by atoms with van der Waals surface area (Å²) in [5, 5.41) is 19.3. The highest BCUT2D eigenvalue weighted by Crippen LogP contribution is 2.22. The summed E-state index contributed by atoms with van der Waals surface area (Å²) in [4.78, 5) is 9.54. The van der Waals surface area contributed by atoms with Crippen molar-refractivity contribution in [3.8, 4) is 0 Å². The monoisotopic (exact) mass is 204 g/mol. The van der Waals surface area contributed by atoms with Gasteiger partial charge in [0.2, 0.25) is 0 Å². The van der Waals surface area contributed by atoms with Crippen LogP contribution in [0, 0.1) is 10.1 Å². The Kier molecular flexibility index (Phi) is 2.64. The van der Waals surface area contributed by atoms with Gasteiger partial charge in [-0.25, -0.2) is 8.78 Å². The van der Waals surface area contributed by atoms with E-state index in [0.717, 1.165) is 24.3 Å². The minimum Gasteiger partial charge on any atom is -0.382 e. The molecule has 1 aromatic rings. The Hall–Kier alpha value is -1.56. The van der Waals surface area contributed by atoms with Gasteiger partial charge in [-0.3, -0.25) is 10.1 Å². The molecule has 1 aromatic carbocycles. The van der Waals surface area contributed by atoms with Crippen LogP contribution in [0.5, 0.6) is 0 Å². The SMILES string of the molecule is [2H]C(O)(c1ccc([N+](=O)[O-])cc1)C(F)F. The molecule has 1 rings (SSSR count). The molecule has 0 amide bonds. The first-order valence-electron chi connectivity index (χ1n) is 4.11. The molecule has 14 heavy (non-hydrogen) atoms. The average molecular weight is 204 g/mol. The second kappa shape index (κ2) is 4.10. The van der Waals surface area contributed by atoms with Crippen LogP contribution in [0.2, 0.25) is 0 Å². The van der Waals surface area contributed by atoms with E-state index in [1.165, 1.54) is 0 Å². The highest BCUT2D eigenvalue weighted by molar-refractivity contribution is 5.33. The predicted molar refractivity (Wildman–Crippen MR) is 44.1 cm³/mol. The van der Waals surface area contributed by atoms with Crippen molar-refractivity contribution in [3.05, 3.63) is 39.9 Å². The molecule has 0 aromatic heterocycles. The molecule has 0 spiro atoms. The molecular formula is C8H7F2NO3. The summed E-state index contributed by atoms with van der Waals surface area (Å²) in [7, 11) is 0. The summed E-state index contributed by atoms with van der Waals surface area (Å²) in [6, 6.07) is 3.77. The van der Waals surface area contributed by atoms with Crippen molar-refractivity contribution in [2.75, 3.05) is 0 Å². The fourth-order valence-electron chi connectivity index (χ4n) is 0.880. The van der Waals surface area contributed by atoms with E-state index >= 15 is 0 Å². The van der Waals surface area contributed by atoms with Crippen molar-refractivity contribution < 1.29 is 20.2 Å². The van der Waals surface area contributed by atoms with Gasteiger partial charge in [0, 0.05) is 12.1 Å². The Morgan fingerprint density at radius 3 is 2.29 bits per heavy atom. The van der Waals surface area contributed by atoms with E-state index in [4.69, 9.17) is 6.48 Å². The normalized spacial score (nSPS) is 16.1. The number of non-ortho nitro benzene ring substituents is 1. The van der Waals surface area contributed by atoms with E-state index < -0.39 is 17.4 Å². The molecule has 1 N–H and O–H groups in total. The predicted octanol–water partition coefficient (Wildman–Crippen LogP) is 1.89. The maximum absolute atomic E-state index is 12.2. The Bertz CT molecular complexity index is 367. The topological polar surface area (TPSA) is 63.4 Å². The van der Waals surface area contributed by atoms with Gasteiger partial charge < -0.3 is 5.11 Å². The number of rotatable bonds is 3. The maximum atomic E-state index is 12.2. The lowest BCUT2D eigenvalue weighted by molar-refractivity contribution is -0.384. The van der Waals surface area contributed by atoms with Crippen LogP contribution in [0.3, 0.4) is 0 Å². The number of benzene rings is 1. The fourth-order valence-corrected chi connectivity index (χ4v) is 0.880. The number of nitro benzene ring substituents is 1. The molecule has 1 atom stereocenters. The molecule has 0 heterocycles. The van der Waals surface area contributed by atoms with E-state index in [-0.39, 0.29) is 11.3 Å². The summed E-state index contributed by atoms with van der Waals surface area (Å²) in [6.07, 6.45) is -6.31. The first kappa shape index (κ1) is 9.01. The lowest BCUT2D eigenvalue weighted by Gasteiger charge is -2.08. The van der Waals surface area contributed by atoms with Crippen molar-refractivity contribution in [2.45, 2.75) is 12.5 Å². The van der Waals surface area contributed by atoms with Gasteiger partial charge in [-0.2, -0.15) is 0 Å². The van der Waals surface area contributed by atoms with Crippen molar-refractivity contribution in [1.29, 1.82) is 0 Å². The highest BCUT2D eigenvalue weighted by Gasteiger charge is 2.19. The molecule has 76 valence electrons. The van der Waals surface area contributed by atoms with Gasteiger partial charge in [-0.05, 0) is 17.7 Å². The number of hydrogen-bond donors (Lipinski definition) is 1. The Morgan fingerprint density at radius 2 is 1.93 bits per heavy atom. The van der Waals surface area contributed by atoms with Crippen LogP contribution in [-0.4, -0.2) is 16.5 Å². The third-order valence-electron chi connectivity index (χ3n) is 1.58. The number of hydrogen-bond acceptors (Lipinski definition) is 3. The smallest absolute Gasteiger partial charge is 0.269 e.